The highest BCUT2D eigenvalue weighted by molar-refractivity contribution is 7.22. The molecule has 0 atom stereocenters. The molecule has 3 aromatic carbocycles. The van der Waals surface area contributed by atoms with E-state index in [2.05, 4.69) is 30.3 Å². The maximum atomic E-state index is 13.5. The molecule has 2 N–H and O–H groups in total. The molecule has 0 radical (unpaired) electrons. The van der Waals surface area contributed by atoms with Gasteiger partial charge in [0.1, 0.15) is 5.75 Å². The smallest absolute Gasteiger partial charge is 0.355 e. The summed E-state index contributed by atoms with van der Waals surface area (Å²) in [5, 5.41) is 19.6. The Bertz CT molecular complexity index is 2310. The summed E-state index contributed by atoms with van der Waals surface area (Å²) in [6.07, 6.45) is 6.37. The van der Waals surface area contributed by atoms with Gasteiger partial charge in [-0.2, -0.15) is 5.10 Å². The first-order chi connectivity index (χ1) is 24.5. The Morgan fingerprint density at radius 2 is 1.82 bits per heavy atom. The van der Waals surface area contributed by atoms with Crippen LogP contribution < -0.4 is 15.0 Å². The molecule has 0 spiro atoms. The summed E-state index contributed by atoms with van der Waals surface area (Å²) in [5.74, 6) is -0.494. The molecule has 0 saturated heterocycles. The molecular formula is C37H31N7O4S2. The van der Waals surface area contributed by atoms with Gasteiger partial charge in [0.25, 0.3) is 5.91 Å². The normalized spacial score (nSPS) is 12.7. The predicted octanol–water partition coefficient (Wildman–Crippen LogP) is 7.40. The van der Waals surface area contributed by atoms with Crippen molar-refractivity contribution in [3.05, 3.63) is 119 Å². The van der Waals surface area contributed by atoms with E-state index in [0.29, 0.717) is 41.9 Å². The summed E-state index contributed by atoms with van der Waals surface area (Å²) in [5.41, 5.74) is 5.25. The van der Waals surface area contributed by atoms with E-state index in [4.69, 9.17) is 4.74 Å². The molecule has 250 valence electrons. The number of aromatic carboxylic acids is 1. The Hall–Kier alpha value is -5.66. The number of carboxylic acid groups (broad SMARTS) is 1. The number of hydrogen-bond acceptors (Lipinski definition) is 10. The minimum Gasteiger partial charge on any atom is -0.494 e. The molecule has 1 aliphatic rings. The number of thiazole rings is 2. The number of anilines is 2. The number of nitrogens with one attached hydrogen (secondary N) is 1. The number of aryl methyl sites for hydroxylation is 1. The van der Waals surface area contributed by atoms with Crippen molar-refractivity contribution in [2.45, 2.75) is 32.2 Å². The van der Waals surface area contributed by atoms with Crippen LogP contribution in [0.4, 0.5) is 10.3 Å². The number of rotatable bonds is 11. The van der Waals surface area contributed by atoms with Crippen LogP contribution in [0, 0.1) is 0 Å². The molecule has 50 heavy (non-hydrogen) atoms. The molecular weight excluding hydrogens is 671 g/mol. The first kappa shape index (κ1) is 31.6. The number of nitrogens with zero attached hydrogens (tertiary/aromatic N) is 6. The second-order valence-electron chi connectivity index (χ2n) is 11.9. The van der Waals surface area contributed by atoms with Crippen LogP contribution in [0.25, 0.3) is 26.9 Å². The zero-order valence-electron chi connectivity index (χ0n) is 26.8. The Morgan fingerprint density at radius 3 is 2.68 bits per heavy atom. The summed E-state index contributed by atoms with van der Waals surface area (Å²) >= 11 is 2.85. The van der Waals surface area contributed by atoms with Gasteiger partial charge in [0.05, 0.1) is 28.7 Å². The lowest BCUT2D eigenvalue weighted by Crippen LogP contribution is -2.32. The van der Waals surface area contributed by atoms with Crippen LogP contribution in [-0.2, 0) is 19.4 Å². The zero-order valence-corrected chi connectivity index (χ0v) is 28.4. The summed E-state index contributed by atoms with van der Waals surface area (Å²) in [6.45, 7) is 1.65. The number of amides is 1. The molecule has 8 rings (SSSR count). The summed E-state index contributed by atoms with van der Waals surface area (Å²) in [7, 11) is 0. The third kappa shape index (κ3) is 6.40. The average Bonchev–Trinajstić information content (AvgIpc) is 3.88. The number of para-hydroxylation sites is 1. The molecule has 0 fully saturated rings. The maximum Gasteiger partial charge on any atom is 0.355 e. The molecule has 4 aromatic heterocycles. The van der Waals surface area contributed by atoms with E-state index in [-0.39, 0.29) is 11.6 Å². The maximum absolute atomic E-state index is 13.5. The molecule has 0 aliphatic carbocycles. The minimum absolute atomic E-state index is 0.0924. The Morgan fingerprint density at radius 1 is 0.940 bits per heavy atom. The minimum atomic E-state index is -1.03. The van der Waals surface area contributed by atoms with Gasteiger partial charge in [-0.15, -0.1) is 11.3 Å². The lowest BCUT2D eigenvalue weighted by molar-refractivity contribution is 0.0690. The summed E-state index contributed by atoms with van der Waals surface area (Å²) in [4.78, 5) is 42.0. The molecule has 0 unspecified atom stereocenters. The second kappa shape index (κ2) is 13.7. The lowest BCUT2D eigenvalue weighted by Gasteiger charge is -2.29. The van der Waals surface area contributed by atoms with Crippen LogP contribution in [0.1, 0.15) is 49.7 Å². The Balaban J connectivity index is 0.889. The fourth-order valence-electron chi connectivity index (χ4n) is 6.17. The number of hydrogen-bond donors (Lipinski definition) is 2. The van der Waals surface area contributed by atoms with E-state index >= 15 is 0 Å². The van der Waals surface area contributed by atoms with Gasteiger partial charge in [-0.25, -0.2) is 24.4 Å². The van der Waals surface area contributed by atoms with E-state index in [1.54, 1.807) is 17.1 Å². The molecule has 1 amide bonds. The van der Waals surface area contributed by atoms with Gasteiger partial charge in [0.2, 0.25) is 0 Å². The third-order valence-electron chi connectivity index (χ3n) is 8.67. The van der Waals surface area contributed by atoms with Gasteiger partial charge in [-0.05, 0) is 91.4 Å². The molecule has 11 nitrogen and oxygen atoms in total. The number of benzene rings is 3. The van der Waals surface area contributed by atoms with Crippen molar-refractivity contribution in [2.24, 2.45) is 0 Å². The average molecular weight is 702 g/mol. The molecule has 1 aliphatic heterocycles. The van der Waals surface area contributed by atoms with Gasteiger partial charge in [0, 0.05) is 35.1 Å². The zero-order chi connectivity index (χ0) is 34.0. The molecule has 7 aromatic rings. The van der Waals surface area contributed by atoms with Crippen molar-refractivity contribution >= 4 is 66.1 Å². The van der Waals surface area contributed by atoms with Crippen LogP contribution in [0.3, 0.4) is 0 Å². The largest absolute Gasteiger partial charge is 0.494 e. The molecule has 13 heteroatoms. The predicted molar refractivity (Wildman–Crippen MR) is 195 cm³/mol. The molecule has 0 bridgehead atoms. The van der Waals surface area contributed by atoms with E-state index in [1.165, 1.54) is 22.7 Å². The highest BCUT2D eigenvalue weighted by Gasteiger charge is 2.26. The lowest BCUT2D eigenvalue weighted by atomic mass is 9.94. The van der Waals surface area contributed by atoms with Crippen molar-refractivity contribution < 1.29 is 19.4 Å². The van der Waals surface area contributed by atoms with E-state index in [0.717, 1.165) is 68.0 Å². The third-order valence-corrected chi connectivity index (χ3v) is 10.8. The van der Waals surface area contributed by atoms with Gasteiger partial charge >= 0.3 is 5.97 Å². The first-order valence-corrected chi connectivity index (χ1v) is 17.9. The van der Waals surface area contributed by atoms with Crippen LogP contribution in [-0.4, -0.2) is 54.9 Å². The SMILES string of the molecule is O=C(Nc1nc2ccccc2s1)c1cccc2c1CN(c1nc(C(=O)O)c(CCCCOc3ccc(-n4ncc5cccnc54)cc3)s1)CC2. The number of carboxylic acids is 1. The number of unbranched alkanes of at least 4 members (excludes halogenated alkanes) is 1. The molecule has 5 heterocycles. The van der Waals surface area contributed by atoms with Crippen LogP contribution in [0.15, 0.2) is 91.3 Å². The van der Waals surface area contributed by atoms with Gasteiger partial charge in [0.15, 0.2) is 21.6 Å². The number of aromatic nitrogens is 5. The first-order valence-electron chi connectivity index (χ1n) is 16.3. The van der Waals surface area contributed by atoms with Gasteiger partial charge in [-0.3, -0.25) is 10.1 Å². The van der Waals surface area contributed by atoms with Crippen molar-refractivity contribution in [3.63, 3.8) is 0 Å². The van der Waals surface area contributed by atoms with Crippen LogP contribution in [0.2, 0.25) is 0 Å². The van der Waals surface area contributed by atoms with Crippen LogP contribution >= 0.6 is 22.7 Å². The Kier molecular flexibility index (Phi) is 8.65. The highest BCUT2D eigenvalue weighted by Crippen LogP contribution is 2.33. The quantitative estimate of drug-likeness (QED) is 0.132. The highest BCUT2D eigenvalue weighted by atomic mass is 32.1. The molecule has 0 saturated carbocycles. The standard InChI is InChI=1S/C37H31N7O4S2/c45-34(42-36-40-29-10-1-2-11-30(29)49-36)27-9-5-7-23-17-19-43(22-28(23)27)37-41-32(35(46)47)31(50-37)12-3-4-20-48-26-15-13-25(14-16-26)44-33-24(21-39-44)8-6-18-38-33/h1-2,5-11,13-16,18,21H,3-4,12,17,19-20,22H2,(H,46,47)(H,40,42,45). The number of fused-ring (bicyclic) bond motifs is 3. The fourth-order valence-corrected chi connectivity index (χ4v) is 8.15. The van der Waals surface area contributed by atoms with Crippen molar-refractivity contribution in [3.8, 4) is 11.4 Å². The number of carbonyl (C=O) groups is 2. The summed E-state index contributed by atoms with van der Waals surface area (Å²) in [6, 6.07) is 25.2. The number of carbonyl (C=O) groups excluding carboxylic acids is 1. The summed E-state index contributed by atoms with van der Waals surface area (Å²) < 4.78 is 8.79. The number of pyridine rings is 1. The topological polar surface area (TPSA) is 135 Å². The van der Waals surface area contributed by atoms with E-state index < -0.39 is 5.97 Å². The van der Waals surface area contributed by atoms with Gasteiger partial charge < -0.3 is 14.7 Å². The van der Waals surface area contributed by atoms with Crippen molar-refractivity contribution in [1.29, 1.82) is 0 Å². The van der Waals surface area contributed by atoms with Crippen LogP contribution in [0.5, 0.6) is 5.75 Å². The van der Waals surface area contributed by atoms with Gasteiger partial charge in [-0.1, -0.05) is 35.6 Å². The monoisotopic (exact) mass is 701 g/mol. The number of ether oxygens (including phenoxy) is 1. The Labute approximate surface area is 294 Å². The second-order valence-corrected chi connectivity index (χ2v) is 14.0. The van der Waals surface area contributed by atoms with Crippen molar-refractivity contribution in [2.75, 3.05) is 23.4 Å². The van der Waals surface area contributed by atoms with E-state index in [9.17, 15) is 14.7 Å². The fraction of sp³-hybridized carbons (Fsp3) is 0.189. The van der Waals surface area contributed by atoms with E-state index in [1.807, 2.05) is 78.9 Å². The van der Waals surface area contributed by atoms with Crippen molar-refractivity contribution in [1.82, 2.24) is 24.7 Å².